The molecule has 1 unspecified atom stereocenters. The molecule has 2 aliphatic heterocycles. The molecule has 1 amide bonds. The second kappa shape index (κ2) is 11.8. The maximum atomic E-state index is 11.7. The summed E-state index contributed by atoms with van der Waals surface area (Å²) in [5.74, 6) is 1.57. The fourth-order valence-electron chi connectivity index (χ4n) is 3.33. The third-order valence-corrected chi connectivity index (χ3v) is 4.70. The van der Waals surface area contributed by atoms with E-state index in [9.17, 15) is 4.79 Å². The molecular formula is C17H34IN5O2. The molecule has 2 fully saturated rings. The highest BCUT2D eigenvalue weighted by atomic mass is 127. The Balaban J connectivity index is 0.00000312. The number of nitrogens with zero attached hydrogens (tertiary/aromatic N) is 3. The molecule has 0 spiro atoms. The highest BCUT2D eigenvalue weighted by Crippen LogP contribution is 2.15. The quantitative estimate of drug-likeness (QED) is 0.366. The average molecular weight is 467 g/mol. The van der Waals surface area contributed by atoms with Crippen LogP contribution in [0.4, 0.5) is 4.79 Å². The molecule has 146 valence electrons. The van der Waals surface area contributed by atoms with Gasteiger partial charge in [0.05, 0.1) is 6.61 Å². The summed E-state index contributed by atoms with van der Waals surface area (Å²) in [7, 11) is 2.17. The number of rotatable bonds is 5. The van der Waals surface area contributed by atoms with E-state index in [0.717, 1.165) is 51.5 Å². The zero-order chi connectivity index (χ0) is 17.4. The fraction of sp³-hybridized carbons (Fsp3) is 0.882. The first-order valence-corrected chi connectivity index (χ1v) is 9.27. The van der Waals surface area contributed by atoms with Crippen molar-refractivity contribution in [2.24, 2.45) is 10.9 Å². The molecule has 2 N–H and O–H groups in total. The summed E-state index contributed by atoms with van der Waals surface area (Å²) < 4.78 is 5.07. The zero-order valence-corrected chi connectivity index (χ0v) is 18.1. The van der Waals surface area contributed by atoms with Gasteiger partial charge in [0.1, 0.15) is 0 Å². The second-order valence-electron chi connectivity index (χ2n) is 6.74. The summed E-state index contributed by atoms with van der Waals surface area (Å²) in [6, 6.07) is 0.361. The largest absolute Gasteiger partial charge is 0.450 e. The average Bonchev–Trinajstić information content (AvgIpc) is 2.99. The van der Waals surface area contributed by atoms with Crippen LogP contribution in [0, 0.1) is 5.92 Å². The number of carbonyl (C=O) groups excluding carboxylic acids is 1. The van der Waals surface area contributed by atoms with Gasteiger partial charge in [-0.2, -0.15) is 0 Å². The summed E-state index contributed by atoms with van der Waals surface area (Å²) >= 11 is 0. The minimum Gasteiger partial charge on any atom is -0.450 e. The van der Waals surface area contributed by atoms with Gasteiger partial charge in [0.15, 0.2) is 5.96 Å². The topological polar surface area (TPSA) is 69.2 Å². The van der Waals surface area contributed by atoms with Crippen molar-refractivity contribution in [2.45, 2.75) is 39.2 Å². The number of likely N-dealkylation sites (tertiary alicyclic amines) is 2. The molecular weight excluding hydrogens is 433 g/mol. The lowest BCUT2D eigenvalue weighted by Crippen LogP contribution is -2.50. The van der Waals surface area contributed by atoms with Gasteiger partial charge < -0.3 is 25.2 Å². The van der Waals surface area contributed by atoms with Crippen LogP contribution in [0.1, 0.15) is 33.1 Å². The number of ether oxygens (including phenoxy) is 1. The van der Waals surface area contributed by atoms with Crippen molar-refractivity contribution in [2.75, 3.05) is 52.9 Å². The maximum absolute atomic E-state index is 11.7. The standard InChI is InChI=1S/C17H33N5O2.HI/c1-4-18-16(19-12-14-6-9-21(3)13-14)20-15-7-10-22(11-8-15)17(23)24-5-2;/h14-15H,4-13H2,1-3H3,(H2,18,19,20);1H. The Hall–Kier alpha value is -0.770. The fourth-order valence-corrected chi connectivity index (χ4v) is 3.33. The molecule has 2 saturated heterocycles. The molecule has 0 aromatic heterocycles. The summed E-state index contributed by atoms with van der Waals surface area (Å²) in [5.41, 5.74) is 0. The summed E-state index contributed by atoms with van der Waals surface area (Å²) in [5, 5.41) is 6.87. The van der Waals surface area contributed by atoms with Crippen LogP contribution in [0.2, 0.25) is 0 Å². The van der Waals surface area contributed by atoms with Crippen LogP contribution in [0.3, 0.4) is 0 Å². The van der Waals surface area contributed by atoms with Crippen LogP contribution in [-0.4, -0.2) is 80.8 Å². The van der Waals surface area contributed by atoms with Crippen molar-refractivity contribution in [1.82, 2.24) is 20.4 Å². The molecule has 25 heavy (non-hydrogen) atoms. The molecule has 2 heterocycles. The lowest BCUT2D eigenvalue weighted by Gasteiger charge is -2.32. The van der Waals surface area contributed by atoms with E-state index in [2.05, 4.69) is 29.5 Å². The van der Waals surface area contributed by atoms with Gasteiger partial charge in [0.25, 0.3) is 0 Å². The predicted molar refractivity (Wildman–Crippen MR) is 112 cm³/mol. The highest BCUT2D eigenvalue weighted by molar-refractivity contribution is 14.0. The van der Waals surface area contributed by atoms with Crippen LogP contribution < -0.4 is 10.6 Å². The number of hydrogen-bond donors (Lipinski definition) is 2. The third-order valence-electron chi connectivity index (χ3n) is 4.70. The predicted octanol–water partition coefficient (Wildman–Crippen LogP) is 1.73. The molecule has 0 aromatic carbocycles. The van der Waals surface area contributed by atoms with Crippen LogP contribution >= 0.6 is 24.0 Å². The van der Waals surface area contributed by atoms with Crippen molar-refractivity contribution in [3.8, 4) is 0 Å². The zero-order valence-electron chi connectivity index (χ0n) is 15.8. The SMILES string of the molecule is CCNC(=NCC1CCN(C)C1)NC1CCN(C(=O)OCC)CC1.I. The summed E-state index contributed by atoms with van der Waals surface area (Å²) in [6.07, 6.45) is 2.89. The monoisotopic (exact) mass is 467 g/mol. The first kappa shape index (κ1) is 22.3. The molecule has 7 nitrogen and oxygen atoms in total. The Kier molecular flexibility index (Phi) is 10.5. The van der Waals surface area contributed by atoms with Gasteiger partial charge in [-0.1, -0.05) is 0 Å². The van der Waals surface area contributed by atoms with E-state index in [0.29, 0.717) is 18.6 Å². The van der Waals surface area contributed by atoms with E-state index in [4.69, 9.17) is 9.73 Å². The van der Waals surface area contributed by atoms with Crippen LogP contribution in [0.25, 0.3) is 0 Å². The Morgan fingerprint density at radius 1 is 1.20 bits per heavy atom. The molecule has 8 heteroatoms. The first-order chi connectivity index (χ1) is 11.6. The van der Waals surface area contributed by atoms with Crippen LogP contribution in [0.15, 0.2) is 4.99 Å². The van der Waals surface area contributed by atoms with E-state index in [1.165, 1.54) is 13.0 Å². The Morgan fingerprint density at radius 3 is 2.48 bits per heavy atom. The highest BCUT2D eigenvalue weighted by Gasteiger charge is 2.24. The summed E-state index contributed by atoms with van der Waals surface area (Å²) in [6.45, 7) is 9.89. The minimum absolute atomic E-state index is 0. The second-order valence-corrected chi connectivity index (χ2v) is 6.74. The normalized spacial score (nSPS) is 22.4. The van der Waals surface area contributed by atoms with Gasteiger partial charge >= 0.3 is 6.09 Å². The third kappa shape index (κ3) is 7.55. The lowest BCUT2D eigenvalue weighted by molar-refractivity contribution is 0.0963. The number of guanidine groups is 1. The van der Waals surface area contributed by atoms with Crippen molar-refractivity contribution in [1.29, 1.82) is 0 Å². The molecule has 0 saturated carbocycles. The van der Waals surface area contributed by atoms with Gasteiger partial charge in [0.2, 0.25) is 0 Å². The van der Waals surface area contributed by atoms with Crippen molar-refractivity contribution in [3.05, 3.63) is 0 Å². The maximum Gasteiger partial charge on any atom is 0.409 e. The van der Waals surface area contributed by atoms with Crippen LogP contribution in [-0.2, 0) is 4.74 Å². The van der Waals surface area contributed by atoms with Crippen LogP contribution in [0.5, 0.6) is 0 Å². The molecule has 0 bridgehead atoms. The van der Waals surface area contributed by atoms with Gasteiger partial charge in [-0.05, 0) is 52.6 Å². The Bertz CT molecular complexity index is 427. The molecule has 0 aliphatic carbocycles. The smallest absolute Gasteiger partial charge is 0.409 e. The van der Waals surface area contributed by atoms with Crippen molar-refractivity contribution >= 4 is 36.0 Å². The number of aliphatic imine (C=N–C) groups is 1. The van der Waals surface area contributed by atoms with Gasteiger partial charge in [-0.15, -0.1) is 24.0 Å². The minimum atomic E-state index is -0.193. The first-order valence-electron chi connectivity index (χ1n) is 9.27. The molecule has 0 radical (unpaired) electrons. The molecule has 0 aromatic rings. The number of hydrogen-bond acceptors (Lipinski definition) is 4. The summed E-state index contributed by atoms with van der Waals surface area (Å²) in [4.78, 5) is 20.7. The Morgan fingerprint density at radius 2 is 1.92 bits per heavy atom. The van der Waals surface area contributed by atoms with E-state index >= 15 is 0 Å². The number of amides is 1. The molecule has 2 aliphatic rings. The van der Waals surface area contributed by atoms with E-state index in [1.807, 2.05) is 6.92 Å². The van der Waals surface area contributed by atoms with E-state index in [1.54, 1.807) is 4.90 Å². The number of carbonyl (C=O) groups is 1. The lowest BCUT2D eigenvalue weighted by atomic mass is 10.1. The Labute approximate surface area is 169 Å². The number of nitrogens with one attached hydrogen (secondary N) is 2. The van der Waals surface area contributed by atoms with Gasteiger partial charge in [0, 0.05) is 38.8 Å². The molecule has 2 rings (SSSR count). The van der Waals surface area contributed by atoms with Gasteiger partial charge in [-0.25, -0.2) is 4.79 Å². The van der Waals surface area contributed by atoms with Gasteiger partial charge in [-0.3, -0.25) is 4.99 Å². The number of halogens is 1. The number of piperidine rings is 1. The van der Waals surface area contributed by atoms with Crippen molar-refractivity contribution in [3.63, 3.8) is 0 Å². The van der Waals surface area contributed by atoms with E-state index in [-0.39, 0.29) is 30.1 Å². The van der Waals surface area contributed by atoms with Crippen molar-refractivity contribution < 1.29 is 9.53 Å². The molecule has 1 atom stereocenters. The van der Waals surface area contributed by atoms with E-state index < -0.39 is 0 Å².